The van der Waals surface area contributed by atoms with Crippen molar-refractivity contribution >= 4 is 10.0 Å². The highest BCUT2D eigenvalue weighted by Gasteiger charge is 2.29. The van der Waals surface area contributed by atoms with E-state index >= 15 is 0 Å². The number of nitrogens with zero attached hydrogens (tertiary/aromatic N) is 2. The maximum atomic E-state index is 13.0. The first-order valence-corrected chi connectivity index (χ1v) is 11.4. The molecule has 1 fully saturated rings. The predicted molar refractivity (Wildman–Crippen MR) is 104 cm³/mol. The van der Waals surface area contributed by atoms with Gasteiger partial charge in [0.1, 0.15) is 13.2 Å². The largest absolute Gasteiger partial charge is 0.486 e. The van der Waals surface area contributed by atoms with Crippen molar-refractivity contribution in [1.82, 2.24) is 9.21 Å². The van der Waals surface area contributed by atoms with Gasteiger partial charge in [0.05, 0.1) is 4.90 Å². The molecule has 7 heteroatoms. The molecular formula is C20H28N2O4S. The van der Waals surface area contributed by atoms with Crippen LogP contribution in [0.15, 0.2) is 34.7 Å². The van der Waals surface area contributed by atoms with Crippen molar-refractivity contribution in [2.45, 2.75) is 37.0 Å². The molecule has 4 rings (SSSR count). The maximum absolute atomic E-state index is 13.0. The Balaban J connectivity index is 1.35. The Hall–Kier alpha value is -1.57. The smallest absolute Gasteiger partial charge is 0.243 e. The molecule has 0 unspecified atom stereocenters. The van der Waals surface area contributed by atoms with Gasteiger partial charge < -0.3 is 14.4 Å². The van der Waals surface area contributed by atoms with Gasteiger partial charge in [0.25, 0.3) is 0 Å². The van der Waals surface area contributed by atoms with E-state index in [-0.39, 0.29) is 4.90 Å². The number of benzene rings is 1. The molecule has 1 saturated heterocycles. The zero-order chi connectivity index (χ0) is 18.7. The van der Waals surface area contributed by atoms with E-state index in [0.29, 0.717) is 37.8 Å². The molecule has 0 spiro atoms. The van der Waals surface area contributed by atoms with Crippen LogP contribution >= 0.6 is 0 Å². The summed E-state index contributed by atoms with van der Waals surface area (Å²) in [5.41, 5.74) is 1.58. The summed E-state index contributed by atoms with van der Waals surface area (Å²) in [6.45, 7) is 4.63. The first-order chi connectivity index (χ1) is 13.1. The van der Waals surface area contributed by atoms with Gasteiger partial charge in [-0.3, -0.25) is 0 Å². The number of fused-ring (bicyclic) bond motifs is 1. The van der Waals surface area contributed by atoms with Gasteiger partial charge in [-0.1, -0.05) is 11.6 Å². The fourth-order valence-electron chi connectivity index (χ4n) is 3.96. The molecule has 0 amide bonds. The number of hydrogen-bond acceptors (Lipinski definition) is 5. The van der Waals surface area contributed by atoms with Crippen molar-refractivity contribution in [1.29, 1.82) is 0 Å². The van der Waals surface area contributed by atoms with Crippen LogP contribution in [-0.4, -0.2) is 63.6 Å². The molecule has 0 aromatic heterocycles. The summed E-state index contributed by atoms with van der Waals surface area (Å²) < 4.78 is 38.6. The first-order valence-electron chi connectivity index (χ1n) is 9.93. The van der Waals surface area contributed by atoms with Gasteiger partial charge >= 0.3 is 0 Å². The normalized spacial score (nSPS) is 21.7. The third-order valence-corrected chi connectivity index (χ3v) is 7.51. The van der Waals surface area contributed by atoms with Crippen LogP contribution in [0.3, 0.4) is 0 Å². The highest BCUT2D eigenvalue weighted by Crippen LogP contribution is 2.33. The fourth-order valence-corrected chi connectivity index (χ4v) is 5.40. The summed E-state index contributed by atoms with van der Waals surface area (Å²) in [5.74, 6) is 1.13. The number of hydrogen-bond donors (Lipinski definition) is 0. The quantitative estimate of drug-likeness (QED) is 0.721. The van der Waals surface area contributed by atoms with E-state index in [1.165, 1.54) is 25.7 Å². The summed E-state index contributed by atoms with van der Waals surface area (Å²) in [4.78, 5) is 2.67. The molecule has 0 atom stereocenters. The zero-order valence-corrected chi connectivity index (χ0v) is 16.5. The van der Waals surface area contributed by atoms with Gasteiger partial charge in [-0.25, -0.2) is 8.42 Å². The molecule has 0 N–H and O–H groups in total. The third-order valence-electron chi connectivity index (χ3n) is 5.62. The van der Waals surface area contributed by atoms with Crippen molar-refractivity contribution in [3.63, 3.8) is 0 Å². The van der Waals surface area contributed by atoms with E-state index in [1.807, 2.05) is 0 Å². The molecule has 6 nitrogen and oxygen atoms in total. The van der Waals surface area contributed by atoms with Crippen LogP contribution in [0.4, 0.5) is 0 Å². The van der Waals surface area contributed by atoms with Crippen molar-refractivity contribution in [2.75, 3.05) is 45.9 Å². The molecule has 0 saturated carbocycles. The predicted octanol–water partition coefficient (Wildman–Crippen LogP) is 2.65. The van der Waals surface area contributed by atoms with Crippen molar-refractivity contribution < 1.29 is 17.9 Å². The third kappa shape index (κ3) is 4.31. The van der Waals surface area contributed by atoms with Crippen molar-refractivity contribution in [3.05, 3.63) is 29.8 Å². The van der Waals surface area contributed by atoms with Gasteiger partial charge in [0.15, 0.2) is 11.5 Å². The SMILES string of the molecule is O=S(=O)(c1ccc2c(c1)OCCO2)N1CCN(CCC2=CCCCC2)CC1. The lowest BCUT2D eigenvalue weighted by Gasteiger charge is -2.34. The summed E-state index contributed by atoms with van der Waals surface area (Å²) in [5, 5.41) is 0. The van der Waals surface area contributed by atoms with Crippen molar-refractivity contribution in [2.24, 2.45) is 0 Å². The molecule has 27 heavy (non-hydrogen) atoms. The van der Waals surface area contributed by atoms with E-state index in [4.69, 9.17) is 9.47 Å². The Morgan fingerprint density at radius 1 is 0.963 bits per heavy atom. The second-order valence-electron chi connectivity index (χ2n) is 7.41. The first kappa shape index (κ1) is 18.8. The van der Waals surface area contributed by atoms with E-state index in [2.05, 4.69) is 11.0 Å². The van der Waals surface area contributed by atoms with Crippen LogP contribution < -0.4 is 9.47 Å². The molecule has 2 heterocycles. The summed E-state index contributed by atoms with van der Waals surface area (Å²) in [6, 6.07) is 4.89. The Kier molecular flexibility index (Phi) is 5.71. The average molecular weight is 393 g/mol. The standard InChI is InChI=1S/C20H28N2O4S/c23-27(24,18-6-7-19-20(16-18)26-15-14-25-19)22-12-10-21(11-13-22)9-8-17-4-2-1-3-5-17/h4,6-7,16H,1-3,5,8-15H2. The van der Waals surface area contributed by atoms with Crippen LogP contribution in [0.2, 0.25) is 0 Å². The molecule has 1 aromatic rings. The molecule has 0 radical (unpaired) electrons. The van der Waals surface area contributed by atoms with Crippen LogP contribution in [0.1, 0.15) is 32.1 Å². The van der Waals surface area contributed by atoms with Gasteiger partial charge in [0, 0.05) is 38.8 Å². The van der Waals surface area contributed by atoms with E-state index in [9.17, 15) is 8.42 Å². The van der Waals surface area contributed by atoms with E-state index < -0.39 is 10.0 Å². The van der Waals surface area contributed by atoms with Crippen LogP contribution in [-0.2, 0) is 10.0 Å². The van der Waals surface area contributed by atoms with Crippen LogP contribution in [0.25, 0.3) is 0 Å². The Morgan fingerprint density at radius 2 is 1.74 bits per heavy atom. The Bertz CT molecular complexity index is 798. The lowest BCUT2D eigenvalue weighted by Crippen LogP contribution is -2.48. The Morgan fingerprint density at radius 3 is 2.48 bits per heavy atom. The summed E-state index contributed by atoms with van der Waals surface area (Å²) in [6.07, 6.45) is 8.60. The Labute approximate surface area is 161 Å². The highest BCUT2D eigenvalue weighted by molar-refractivity contribution is 7.89. The van der Waals surface area contributed by atoms with Gasteiger partial charge in [-0.15, -0.1) is 0 Å². The van der Waals surface area contributed by atoms with Crippen molar-refractivity contribution in [3.8, 4) is 11.5 Å². The van der Waals surface area contributed by atoms with E-state index in [0.717, 1.165) is 26.1 Å². The monoisotopic (exact) mass is 392 g/mol. The summed E-state index contributed by atoms with van der Waals surface area (Å²) >= 11 is 0. The molecule has 2 aliphatic heterocycles. The maximum Gasteiger partial charge on any atom is 0.243 e. The number of ether oxygens (including phenoxy) is 2. The van der Waals surface area contributed by atoms with Gasteiger partial charge in [0.2, 0.25) is 10.0 Å². The molecule has 0 bridgehead atoms. The van der Waals surface area contributed by atoms with Gasteiger partial charge in [-0.05, 0) is 44.2 Å². The highest BCUT2D eigenvalue weighted by atomic mass is 32.2. The number of piperazine rings is 1. The molecule has 148 valence electrons. The molecule has 1 aliphatic carbocycles. The number of allylic oxidation sites excluding steroid dienone is 1. The second kappa shape index (κ2) is 8.20. The molecular weight excluding hydrogens is 364 g/mol. The minimum absolute atomic E-state index is 0.285. The summed E-state index contributed by atoms with van der Waals surface area (Å²) in [7, 11) is -3.49. The van der Waals surface area contributed by atoms with E-state index in [1.54, 1.807) is 28.1 Å². The topological polar surface area (TPSA) is 59.1 Å². The minimum Gasteiger partial charge on any atom is -0.486 e. The minimum atomic E-state index is -3.49. The van der Waals surface area contributed by atoms with Crippen LogP contribution in [0.5, 0.6) is 11.5 Å². The lowest BCUT2D eigenvalue weighted by atomic mass is 9.97. The zero-order valence-electron chi connectivity index (χ0n) is 15.7. The second-order valence-corrected chi connectivity index (χ2v) is 9.35. The average Bonchev–Trinajstić information content (AvgIpc) is 2.73. The fraction of sp³-hybridized carbons (Fsp3) is 0.600. The molecule has 1 aromatic carbocycles. The number of sulfonamides is 1. The lowest BCUT2D eigenvalue weighted by molar-refractivity contribution is 0.171. The number of rotatable bonds is 5. The van der Waals surface area contributed by atoms with Crippen LogP contribution in [0, 0.1) is 0 Å². The molecule has 3 aliphatic rings. The van der Waals surface area contributed by atoms with Gasteiger partial charge in [-0.2, -0.15) is 4.31 Å².